The minimum atomic E-state index is -0.376. The molecular weight excluding hydrogens is 260 g/mol. The van der Waals surface area contributed by atoms with Crippen molar-refractivity contribution >= 4 is 0 Å². The Morgan fingerprint density at radius 3 is 2.43 bits per heavy atom. The summed E-state index contributed by atoms with van der Waals surface area (Å²) in [5.41, 5.74) is 1.55. The lowest BCUT2D eigenvalue weighted by Gasteiger charge is -2.62. The molecule has 3 unspecified atom stereocenters. The molecule has 114 valence electrons. The number of hydrogen-bond donors (Lipinski definition) is 1. The maximum Gasteiger partial charge on any atom is 0.124 e. The molecular formula is C19H26O2. The number of aliphatic hydroxyl groups excluding tert-OH is 1. The van der Waals surface area contributed by atoms with Gasteiger partial charge in [0, 0.05) is 11.0 Å². The van der Waals surface area contributed by atoms with Gasteiger partial charge in [-0.2, -0.15) is 0 Å². The van der Waals surface area contributed by atoms with Crippen molar-refractivity contribution in [1.29, 1.82) is 0 Å². The van der Waals surface area contributed by atoms with Crippen molar-refractivity contribution in [3.8, 4) is 5.75 Å². The Labute approximate surface area is 127 Å². The second-order valence-electron chi connectivity index (χ2n) is 8.28. The van der Waals surface area contributed by atoms with Gasteiger partial charge in [0.15, 0.2) is 0 Å². The third-order valence-corrected chi connectivity index (χ3v) is 6.41. The van der Waals surface area contributed by atoms with Gasteiger partial charge in [-0.25, -0.2) is 0 Å². The van der Waals surface area contributed by atoms with Crippen LogP contribution in [0.15, 0.2) is 24.3 Å². The first-order chi connectivity index (χ1) is 10.0. The number of methoxy groups -OCH3 is 1. The molecule has 3 atom stereocenters. The first-order valence-corrected chi connectivity index (χ1v) is 8.35. The van der Waals surface area contributed by atoms with E-state index in [9.17, 15) is 5.11 Å². The van der Waals surface area contributed by atoms with Crippen LogP contribution in [0, 0.1) is 22.7 Å². The quantitative estimate of drug-likeness (QED) is 0.896. The fourth-order valence-corrected chi connectivity index (χ4v) is 6.34. The number of ether oxygens (including phenoxy) is 1. The fraction of sp³-hybridized carbons (Fsp3) is 0.684. The number of hydrogen-bond acceptors (Lipinski definition) is 2. The minimum absolute atomic E-state index is 0.0907. The van der Waals surface area contributed by atoms with Crippen LogP contribution in [-0.2, 0) is 0 Å². The van der Waals surface area contributed by atoms with E-state index in [4.69, 9.17) is 4.74 Å². The highest BCUT2D eigenvalue weighted by Crippen LogP contribution is 2.68. The smallest absolute Gasteiger partial charge is 0.124 e. The molecule has 0 radical (unpaired) electrons. The van der Waals surface area contributed by atoms with Crippen LogP contribution in [0.4, 0.5) is 0 Å². The number of para-hydroxylation sites is 1. The maximum atomic E-state index is 11.2. The molecule has 0 aliphatic heterocycles. The highest BCUT2D eigenvalue weighted by atomic mass is 16.5. The van der Waals surface area contributed by atoms with E-state index in [-0.39, 0.29) is 11.5 Å². The van der Waals surface area contributed by atoms with Crippen LogP contribution >= 0.6 is 0 Å². The van der Waals surface area contributed by atoms with Gasteiger partial charge >= 0.3 is 0 Å². The zero-order valence-electron chi connectivity index (χ0n) is 13.1. The molecule has 0 amide bonds. The van der Waals surface area contributed by atoms with E-state index in [0.717, 1.165) is 23.1 Å². The lowest BCUT2D eigenvalue weighted by molar-refractivity contribution is -0.155. The molecule has 5 rings (SSSR count). The molecule has 1 N–H and O–H groups in total. The van der Waals surface area contributed by atoms with Crippen LogP contribution in [0.1, 0.15) is 57.1 Å². The van der Waals surface area contributed by atoms with Gasteiger partial charge in [0.2, 0.25) is 0 Å². The van der Waals surface area contributed by atoms with E-state index in [1.165, 1.54) is 38.5 Å². The molecule has 0 heterocycles. The van der Waals surface area contributed by atoms with Gasteiger partial charge in [0.1, 0.15) is 5.75 Å². The average molecular weight is 286 g/mol. The van der Waals surface area contributed by atoms with E-state index >= 15 is 0 Å². The topological polar surface area (TPSA) is 29.5 Å². The Morgan fingerprint density at radius 1 is 1.14 bits per heavy atom. The molecule has 0 saturated heterocycles. The summed E-state index contributed by atoms with van der Waals surface area (Å²) in [6.07, 6.45) is 7.38. The van der Waals surface area contributed by atoms with Gasteiger partial charge in [-0.05, 0) is 61.8 Å². The van der Waals surface area contributed by atoms with Crippen molar-refractivity contribution in [2.24, 2.45) is 22.7 Å². The molecule has 2 heteroatoms. The molecule has 4 fully saturated rings. The lowest BCUT2D eigenvalue weighted by atomic mass is 9.43. The van der Waals surface area contributed by atoms with Crippen molar-refractivity contribution in [3.63, 3.8) is 0 Å². The van der Waals surface area contributed by atoms with E-state index < -0.39 is 0 Å². The molecule has 4 aliphatic rings. The van der Waals surface area contributed by atoms with Crippen molar-refractivity contribution < 1.29 is 9.84 Å². The third kappa shape index (κ3) is 2.03. The van der Waals surface area contributed by atoms with Gasteiger partial charge in [0.05, 0.1) is 13.2 Å². The Kier molecular flexibility index (Phi) is 2.91. The van der Waals surface area contributed by atoms with Gasteiger partial charge in [-0.15, -0.1) is 0 Å². The van der Waals surface area contributed by atoms with Crippen LogP contribution < -0.4 is 4.74 Å². The Bertz CT molecular complexity index is 536. The van der Waals surface area contributed by atoms with Crippen molar-refractivity contribution in [2.45, 2.75) is 51.6 Å². The van der Waals surface area contributed by atoms with Gasteiger partial charge in [0.25, 0.3) is 0 Å². The summed E-state index contributed by atoms with van der Waals surface area (Å²) in [7, 11) is 1.70. The predicted octanol–water partition coefficient (Wildman–Crippen LogP) is 4.34. The molecule has 2 nitrogen and oxygen atoms in total. The second kappa shape index (κ2) is 4.49. The summed E-state index contributed by atoms with van der Waals surface area (Å²) < 4.78 is 5.49. The normalized spacial score (nSPS) is 42.0. The number of benzene rings is 1. The highest BCUT2D eigenvalue weighted by Gasteiger charge is 2.58. The van der Waals surface area contributed by atoms with E-state index in [1.807, 2.05) is 24.3 Å². The predicted molar refractivity (Wildman–Crippen MR) is 83.2 cm³/mol. The fourth-order valence-electron chi connectivity index (χ4n) is 6.34. The largest absolute Gasteiger partial charge is 0.496 e. The van der Waals surface area contributed by atoms with Crippen molar-refractivity contribution in [2.75, 3.05) is 7.11 Å². The summed E-state index contributed by atoms with van der Waals surface area (Å²) in [4.78, 5) is 0. The van der Waals surface area contributed by atoms with Gasteiger partial charge < -0.3 is 9.84 Å². The first kappa shape index (κ1) is 13.6. The van der Waals surface area contributed by atoms with Crippen molar-refractivity contribution in [1.82, 2.24) is 0 Å². The first-order valence-electron chi connectivity index (χ1n) is 8.35. The van der Waals surface area contributed by atoms with Gasteiger partial charge in [-0.3, -0.25) is 0 Å². The van der Waals surface area contributed by atoms with E-state index in [2.05, 4.69) is 6.92 Å². The SMILES string of the molecule is COc1ccccc1C(O)C12CC3CC(CC(C)(C3)C1)C2. The molecule has 0 spiro atoms. The monoisotopic (exact) mass is 286 g/mol. The van der Waals surface area contributed by atoms with E-state index in [1.54, 1.807) is 7.11 Å². The highest BCUT2D eigenvalue weighted by molar-refractivity contribution is 5.36. The zero-order chi connectivity index (χ0) is 14.7. The maximum absolute atomic E-state index is 11.2. The van der Waals surface area contributed by atoms with E-state index in [0.29, 0.717) is 5.41 Å². The van der Waals surface area contributed by atoms with Crippen LogP contribution in [0.2, 0.25) is 0 Å². The summed E-state index contributed by atoms with van der Waals surface area (Å²) in [5, 5.41) is 11.2. The average Bonchev–Trinajstić information content (AvgIpc) is 2.44. The molecule has 4 saturated carbocycles. The number of aliphatic hydroxyl groups is 1. The molecule has 4 bridgehead atoms. The lowest BCUT2D eigenvalue weighted by Crippen LogP contribution is -2.53. The number of rotatable bonds is 3. The third-order valence-electron chi connectivity index (χ3n) is 6.41. The molecule has 1 aromatic rings. The summed E-state index contributed by atoms with van der Waals surface area (Å²) in [5.74, 6) is 2.51. The summed E-state index contributed by atoms with van der Waals surface area (Å²) in [6, 6.07) is 8.02. The zero-order valence-corrected chi connectivity index (χ0v) is 13.1. The summed E-state index contributed by atoms with van der Waals surface area (Å²) in [6.45, 7) is 2.45. The Morgan fingerprint density at radius 2 is 1.81 bits per heavy atom. The van der Waals surface area contributed by atoms with Crippen LogP contribution in [-0.4, -0.2) is 12.2 Å². The van der Waals surface area contributed by atoms with Crippen LogP contribution in [0.25, 0.3) is 0 Å². The Balaban J connectivity index is 1.72. The minimum Gasteiger partial charge on any atom is -0.496 e. The van der Waals surface area contributed by atoms with Crippen molar-refractivity contribution in [3.05, 3.63) is 29.8 Å². The molecule has 21 heavy (non-hydrogen) atoms. The van der Waals surface area contributed by atoms with Crippen LogP contribution in [0.5, 0.6) is 5.75 Å². The molecule has 0 aromatic heterocycles. The standard InChI is InChI=1S/C19H26O2/c1-18-8-13-7-14(9-18)11-19(10-13,12-18)17(20)15-5-3-4-6-16(15)21-2/h3-6,13-14,17,20H,7-12H2,1-2H3. The second-order valence-corrected chi connectivity index (χ2v) is 8.28. The summed E-state index contributed by atoms with van der Waals surface area (Å²) >= 11 is 0. The Hall–Kier alpha value is -1.02. The van der Waals surface area contributed by atoms with Crippen LogP contribution in [0.3, 0.4) is 0 Å². The molecule has 1 aromatic carbocycles. The van der Waals surface area contributed by atoms with Gasteiger partial charge in [-0.1, -0.05) is 25.1 Å². The molecule has 4 aliphatic carbocycles.